The zero-order valence-electron chi connectivity index (χ0n) is 11.6. The van der Waals surface area contributed by atoms with E-state index < -0.39 is 17.6 Å². The van der Waals surface area contributed by atoms with Gasteiger partial charge in [0.2, 0.25) is 0 Å². The number of hydrazine groups is 1. The smallest absolute Gasteiger partial charge is 0.268 e. The predicted octanol–water partition coefficient (Wildman–Crippen LogP) is 3.61. The minimum atomic E-state index is -0.562. The molecule has 0 atom stereocenters. The Morgan fingerprint density at radius 3 is 2.39 bits per heavy atom. The van der Waals surface area contributed by atoms with E-state index in [4.69, 9.17) is 23.2 Å². The average Bonchev–Trinajstić information content (AvgIpc) is 2.54. The summed E-state index contributed by atoms with van der Waals surface area (Å²) in [7, 11) is 0. The molecule has 0 aliphatic rings. The number of hydrogen-bond acceptors (Lipinski definition) is 2. The highest BCUT2D eigenvalue weighted by molar-refractivity contribution is 6.42. The number of rotatable bonds is 3. The van der Waals surface area contributed by atoms with Crippen LogP contribution in [0.1, 0.15) is 15.9 Å². The minimum absolute atomic E-state index is 0.216. The predicted molar refractivity (Wildman–Crippen MR) is 87.5 cm³/mol. The molecule has 2 aromatic rings. The Balaban J connectivity index is 1.92. The van der Waals surface area contributed by atoms with Crippen molar-refractivity contribution in [3.05, 3.63) is 75.5 Å². The molecule has 118 valence electrons. The minimum Gasteiger partial charge on any atom is -0.268 e. The Hall–Kier alpha value is -2.37. The third-order valence-corrected chi connectivity index (χ3v) is 3.63. The zero-order valence-corrected chi connectivity index (χ0v) is 13.2. The van der Waals surface area contributed by atoms with Gasteiger partial charge in [-0.15, -0.1) is 0 Å². The molecule has 0 radical (unpaired) electrons. The lowest BCUT2D eigenvalue weighted by Crippen LogP contribution is -2.40. The van der Waals surface area contributed by atoms with Crippen molar-refractivity contribution in [3.8, 4) is 0 Å². The summed E-state index contributed by atoms with van der Waals surface area (Å²) < 4.78 is 12.8. The van der Waals surface area contributed by atoms with E-state index in [9.17, 15) is 14.0 Å². The maximum absolute atomic E-state index is 12.8. The molecule has 2 rings (SSSR count). The van der Waals surface area contributed by atoms with Crippen molar-refractivity contribution in [2.45, 2.75) is 0 Å². The number of amides is 2. The number of halogens is 3. The molecule has 23 heavy (non-hydrogen) atoms. The van der Waals surface area contributed by atoms with Crippen molar-refractivity contribution in [3.63, 3.8) is 0 Å². The van der Waals surface area contributed by atoms with Crippen molar-refractivity contribution in [1.29, 1.82) is 0 Å². The molecule has 4 nitrogen and oxygen atoms in total. The fourth-order valence-electron chi connectivity index (χ4n) is 1.65. The monoisotopic (exact) mass is 352 g/mol. The lowest BCUT2D eigenvalue weighted by molar-refractivity contribution is -0.117. The van der Waals surface area contributed by atoms with Gasteiger partial charge in [-0.3, -0.25) is 20.4 Å². The Kier molecular flexibility index (Phi) is 5.73. The molecular weight excluding hydrogens is 342 g/mol. The molecule has 2 N–H and O–H groups in total. The van der Waals surface area contributed by atoms with Gasteiger partial charge < -0.3 is 0 Å². The molecule has 0 spiro atoms. The highest BCUT2D eigenvalue weighted by atomic mass is 35.5. The first-order valence-corrected chi connectivity index (χ1v) is 7.21. The summed E-state index contributed by atoms with van der Waals surface area (Å²) in [5.74, 6) is -1.57. The molecule has 0 saturated heterocycles. The zero-order chi connectivity index (χ0) is 16.8. The first kappa shape index (κ1) is 17.0. The highest BCUT2D eigenvalue weighted by Gasteiger charge is 2.06. The summed E-state index contributed by atoms with van der Waals surface area (Å²) in [6.07, 6.45) is 2.66. The van der Waals surface area contributed by atoms with Gasteiger partial charge in [-0.2, -0.15) is 0 Å². The fraction of sp³-hybridized carbons (Fsp3) is 0. The van der Waals surface area contributed by atoms with Gasteiger partial charge >= 0.3 is 0 Å². The molecule has 7 heteroatoms. The molecule has 0 heterocycles. The number of carbonyl (C=O) groups excluding carboxylic acids is 2. The van der Waals surface area contributed by atoms with Crippen LogP contribution in [0, 0.1) is 5.82 Å². The summed E-state index contributed by atoms with van der Waals surface area (Å²) in [6.45, 7) is 0. The lowest BCUT2D eigenvalue weighted by Gasteiger charge is -2.05. The van der Waals surface area contributed by atoms with Crippen molar-refractivity contribution >= 4 is 41.1 Å². The Bertz CT molecular complexity index is 761. The van der Waals surface area contributed by atoms with Gasteiger partial charge in [0.1, 0.15) is 5.82 Å². The summed E-state index contributed by atoms with van der Waals surface area (Å²) in [5, 5.41) is 0.701. The molecule has 0 aliphatic heterocycles. The van der Waals surface area contributed by atoms with Crippen LogP contribution in [-0.4, -0.2) is 11.8 Å². The van der Waals surface area contributed by atoms with Crippen LogP contribution >= 0.6 is 23.2 Å². The van der Waals surface area contributed by atoms with Gasteiger partial charge in [-0.25, -0.2) is 4.39 Å². The quantitative estimate of drug-likeness (QED) is 0.654. The van der Waals surface area contributed by atoms with Crippen LogP contribution in [0.2, 0.25) is 10.0 Å². The summed E-state index contributed by atoms with van der Waals surface area (Å²) >= 11 is 11.8. The van der Waals surface area contributed by atoms with E-state index in [-0.39, 0.29) is 5.56 Å². The summed E-state index contributed by atoms with van der Waals surface area (Å²) in [6, 6.07) is 9.92. The summed E-state index contributed by atoms with van der Waals surface area (Å²) in [5.41, 5.74) is 5.20. The van der Waals surface area contributed by atoms with E-state index in [0.29, 0.717) is 15.6 Å². The van der Waals surface area contributed by atoms with Gasteiger partial charge in [-0.1, -0.05) is 35.3 Å². The second-order valence-corrected chi connectivity index (χ2v) is 5.21. The number of benzene rings is 2. The van der Waals surface area contributed by atoms with E-state index in [1.165, 1.54) is 24.3 Å². The van der Waals surface area contributed by atoms with Gasteiger partial charge in [0.05, 0.1) is 10.0 Å². The summed E-state index contributed by atoms with van der Waals surface area (Å²) in [4.78, 5) is 23.4. The molecule has 0 saturated carbocycles. The number of carbonyl (C=O) groups is 2. The van der Waals surface area contributed by atoms with Crippen molar-refractivity contribution in [2.24, 2.45) is 0 Å². The van der Waals surface area contributed by atoms with Crippen LogP contribution in [0.5, 0.6) is 0 Å². The van der Waals surface area contributed by atoms with Gasteiger partial charge in [0.25, 0.3) is 11.8 Å². The normalized spacial score (nSPS) is 10.6. The van der Waals surface area contributed by atoms with Crippen LogP contribution in [0.15, 0.2) is 48.5 Å². The Labute approximate surface area is 141 Å². The van der Waals surface area contributed by atoms with E-state index in [1.807, 2.05) is 0 Å². The molecule has 0 aliphatic carbocycles. The SMILES string of the molecule is O=C(/C=C/c1cccc(Cl)c1Cl)NNC(=O)c1ccc(F)cc1. The van der Waals surface area contributed by atoms with Crippen LogP contribution < -0.4 is 10.9 Å². The number of hydrogen-bond donors (Lipinski definition) is 2. The van der Waals surface area contributed by atoms with E-state index >= 15 is 0 Å². The average molecular weight is 353 g/mol. The van der Waals surface area contributed by atoms with Crippen molar-refractivity contribution < 1.29 is 14.0 Å². The van der Waals surface area contributed by atoms with E-state index in [2.05, 4.69) is 10.9 Å². The first-order chi connectivity index (χ1) is 11.0. The Morgan fingerprint density at radius 1 is 1.00 bits per heavy atom. The fourth-order valence-corrected chi connectivity index (χ4v) is 2.02. The van der Waals surface area contributed by atoms with E-state index in [0.717, 1.165) is 12.1 Å². The first-order valence-electron chi connectivity index (χ1n) is 6.45. The maximum atomic E-state index is 12.8. The van der Waals surface area contributed by atoms with Crippen LogP contribution in [0.4, 0.5) is 4.39 Å². The molecular formula is C16H11Cl2FN2O2. The highest BCUT2D eigenvalue weighted by Crippen LogP contribution is 2.26. The van der Waals surface area contributed by atoms with Crippen LogP contribution in [0.3, 0.4) is 0 Å². The second kappa shape index (κ2) is 7.76. The van der Waals surface area contributed by atoms with Gasteiger partial charge in [-0.05, 0) is 42.0 Å². The van der Waals surface area contributed by atoms with Crippen molar-refractivity contribution in [2.75, 3.05) is 0 Å². The van der Waals surface area contributed by atoms with Gasteiger partial charge in [0.15, 0.2) is 0 Å². The van der Waals surface area contributed by atoms with Gasteiger partial charge in [0, 0.05) is 11.6 Å². The molecule has 0 fully saturated rings. The third kappa shape index (κ3) is 4.81. The topological polar surface area (TPSA) is 58.2 Å². The molecule has 2 amide bonds. The molecule has 0 aromatic heterocycles. The molecule has 0 unspecified atom stereocenters. The van der Waals surface area contributed by atoms with Crippen LogP contribution in [0.25, 0.3) is 6.08 Å². The van der Waals surface area contributed by atoms with Crippen molar-refractivity contribution in [1.82, 2.24) is 10.9 Å². The Morgan fingerprint density at radius 2 is 1.70 bits per heavy atom. The molecule has 2 aromatic carbocycles. The maximum Gasteiger partial charge on any atom is 0.269 e. The van der Waals surface area contributed by atoms with Crippen LogP contribution in [-0.2, 0) is 4.79 Å². The second-order valence-electron chi connectivity index (χ2n) is 4.43. The standard InChI is InChI=1S/C16H11Cl2FN2O2/c17-13-3-1-2-10(15(13)18)6-9-14(22)20-21-16(23)11-4-7-12(19)8-5-11/h1-9H,(H,20,22)(H,21,23)/b9-6+. The van der Waals surface area contributed by atoms with E-state index in [1.54, 1.807) is 18.2 Å². The number of nitrogens with one attached hydrogen (secondary N) is 2. The largest absolute Gasteiger partial charge is 0.269 e. The lowest BCUT2D eigenvalue weighted by atomic mass is 10.2. The molecule has 0 bridgehead atoms. The third-order valence-electron chi connectivity index (χ3n) is 2.80.